The molecule has 1 aliphatic heterocycles. The zero-order chi connectivity index (χ0) is 20.5. The number of amides is 2. The molecule has 9 heteroatoms. The Kier molecular flexibility index (Phi) is 6.22. The molecule has 2 bridgehead atoms. The summed E-state index contributed by atoms with van der Waals surface area (Å²) in [7, 11) is 0. The van der Waals surface area contributed by atoms with Gasteiger partial charge in [-0.05, 0) is 49.7 Å². The largest absolute Gasteiger partial charge is 0.484 e. The van der Waals surface area contributed by atoms with E-state index in [-0.39, 0.29) is 47.3 Å². The van der Waals surface area contributed by atoms with Crippen molar-refractivity contribution in [3.63, 3.8) is 0 Å². The van der Waals surface area contributed by atoms with Crippen molar-refractivity contribution in [1.82, 2.24) is 15.4 Å². The molecule has 1 aromatic carbocycles. The molecule has 3 aliphatic carbocycles. The van der Waals surface area contributed by atoms with Crippen molar-refractivity contribution in [2.45, 2.75) is 56.0 Å². The number of nitrogens with one attached hydrogen (secondary N) is 3. The van der Waals surface area contributed by atoms with E-state index in [9.17, 15) is 14.0 Å². The number of fused-ring (bicyclic) bond motifs is 2. The monoisotopic (exact) mass is 441 g/mol. The number of hydrogen-bond donors (Lipinski definition) is 3. The van der Waals surface area contributed by atoms with Gasteiger partial charge in [-0.3, -0.25) is 14.3 Å². The first-order valence-corrected chi connectivity index (χ1v) is 11.2. The molecule has 1 aromatic rings. The molecule has 29 heavy (non-hydrogen) atoms. The standard InChI is InChI=1S/C20H25ClFN3O3S/c1-10-4-18(25-29-10)20(27)24-17-8-16(11-5-12(17)6-11)23-19(26)9-28-13-2-3-14(21)15(22)7-13/h2-3,7,10-12,16-18,25H,4-6,8-9H2,1H3,(H,23,26)(H,24,27)/t10?,11?,12?,16-,17+,18?/m0/s1. The second-order valence-corrected chi connectivity index (χ2v) is 9.90. The van der Waals surface area contributed by atoms with E-state index >= 15 is 0 Å². The van der Waals surface area contributed by atoms with Crippen LogP contribution in [-0.2, 0) is 9.59 Å². The lowest BCUT2D eigenvalue weighted by Gasteiger charge is -2.51. The van der Waals surface area contributed by atoms with Crippen LogP contribution in [0.3, 0.4) is 0 Å². The molecule has 5 rings (SSSR count). The third-order valence-corrected chi connectivity index (χ3v) is 7.41. The number of halogens is 2. The van der Waals surface area contributed by atoms with E-state index in [1.54, 1.807) is 11.9 Å². The SMILES string of the molecule is CC1CC(C(=O)N[C@@H]2C[C@H](NC(=O)COc3ccc(Cl)c(F)c3)C3CC2C3)NS1. The maximum Gasteiger partial charge on any atom is 0.258 e. The normalized spacial score (nSPS) is 32.9. The van der Waals surface area contributed by atoms with E-state index in [2.05, 4.69) is 22.3 Å². The van der Waals surface area contributed by atoms with E-state index in [0.717, 1.165) is 31.7 Å². The zero-order valence-electron chi connectivity index (χ0n) is 16.1. The summed E-state index contributed by atoms with van der Waals surface area (Å²) in [6.45, 7) is 1.92. The molecule has 2 amide bonds. The molecule has 1 saturated heterocycles. The molecular weight excluding hydrogens is 417 g/mol. The second-order valence-electron chi connectivity index (χ2n) is 8.22. The fourth-order valence-electron chi connectivity index (χ4n) is 4.41. The van der Waals surface area contributed by atoms with Gasteiger partial charge in [0, 0.05) is 23.4 Å². The highest BCUT2D eigenvalue weighted by atomic mass is 35.5. The van der Waals surface area contributed by atoms with E-state index in [0.29, 0.717) is 17.1 Å². The summed E-state index contributed by atoms with van der Waals surface area (Å²) < 4.78 is 22.0. The lowest BCUT2D eigenvalue weighted by Crippen LogP contribution is -2.61. The molecule has 3 N–H and O–H groups in total. The van der Waals surface area contributed by atoms with Crippen molar-refractivity contribution in [3.05, 3.63) is 29.0 Å². The predicted octanol–water partition coefficient (Wildman–Crippen LogP) is 2.66. The Morgan fingerprint density at radius 2 is 1.93 bits per heavy atom. The van der Waals surface area contributed by atoms with Crippen molar-refractivity contribution in [2.24, 2.45) is 11.8 Å². The Labute approximate surface area is 178 Å². The quantitative estimate of drug-likeness (QED) is 0.591. The lowest BCUT2D eigenvalue weighted by atomic mass is 9.60. The van der Waals surface area contributed by atoms with Gasteiger partial charge in [-0.2, -0.15) is 0 Å². The first-order chi connectivity index (χ1) is 13.9. The van der Waals surface area contributed by atoms with Gasteiger partial charge in [0.15, 0.2) is 6.61 Å². The minimum Gasteiger partial charge on any atom is -0.484 e. The highest BCUT2D eigenvalue weighted by molar-refractivity contribution is 7.98. The molecule has 0 aromatic heterocycles. The minimum absolute atomic E-state index is 0.0116. The summed E-state index contributed by atoms with van der Waals surface area (Å²) in [5.41, 5.74) is 0. The summed E-state index contributed by atoms with van der Waals surface area (Å²) in [6, 6.07) is 4.05. The Bertz CT molecular complexity index is 792. The van der Waals surface area contributed by atoms with Crippen molar-refractivity contribution in [3.8, 4) is 5.75 Å². The molecule has 4 fully saturated rings. The molecule has 4 atom stereocenters. The van der Waals surface area contributed by atoms with E-state index in [1.807, 2.05) is 0 Å². The highest BCUT2D eigenvalue weighted by Gasteiger charge is 2.47. The minimum atomic E-state index is -0.583. The Balaban J connectivity index is 1.26. The fraction of sp³-hybridized carbons (Fsp3) is 0.600. The first kappa shape index (κ1) is 20.8. The summed E-state index contributed by atoms with van der Waals surface area (Å²) in [6.07, 6.45) is 3.60. The number of carbonyl (C=O) groups is 2. The van der Waals surface area contributed by atoms with Crippen molar-refractivity contribution in [2.75, 3.05) is 6.61 Å². The molecular formula is C20H25ClFN3O3S. The van der Waals surface area contributed by atoms with Gasteiger partial charge < -0.3 is 15.4 Å². The molecule has 6 nitrogen and oxygen atoms in total. The van der Waals surface area contributed by atoms with Gasteiger partial charge >= 0.3 is 0 Å². The average molecular weight is 442 g/mol. The summed E-state index contributed by atoms with van der Waals surface area (Å²) in [5.74, 6) is 0.428. The van der Waals surface area contributed by atoms with Crippen LogP contribution < -0.4 is 20.1 Å². The maximum absolute atomic E-state index is 13.5. The van der Waals surface area contributed by atoms with Crippen LogP contribution in [-0.4, -0.2) is 41.8 Å². The van der Waals surface area contributed by atoms with Gasteiger partial charge in [-0.25, -0.2) is 4.39 Å². The summed E-state index contributed by atoms with van der Waals surface area (Å²) in [4.78, 5) is 24.8. The van der Waals surface area contributed by atoms with E-state index < -0.39 is 5.82 Å². The molecule has 4 aliphatic rings. The number of benzene rings is 1. The topological polar surface area (TPSA) is 79.5 Å². The Hall–Kier alpha value is -1.51. The molecule has 2 unspecified atom stereocenters. The van der Waals surface area contributed by atoms with Crippen LogP contribution in [0.4, 0.5) is 4.39 Å². The molecule has 3 saturated carbocycles. The van der Waals surface area contributed by atoms with Crippen LogP contribution in [0.15, 0.2) is 18.2 Å². The molecule has 158 valence electrons. The predicted molar refractivity (Wildman–Crippen MR) is 110 cm³/mol. The van der Waals surface area contributed by atoms with Crippen molar-refractivity contribution >= 4 is 35.4 Å². The zero-order valence-corrected chi connectivity index (χ0v) is 17.7. The van der Waals surface area contributed by atoms with Gasteiger partial charge in [-0.1, -0.05) is 30.5 Å². The second kappa shape index (κ2) is 8.70. The molecule has 0 radical (unpaired) electrons. The van der Waals surface area contributed by atoms with Crippen LogP contribution in [0, 0.1) is 17.7 Å². The number of carbonyl (C=O) groups excluding carboxylic acids is 2. The smallest absolute Gasteiger partial charge is 0.258 e. The number of ether oxygens (including phenoxy) is 1. The van der Waals surface area contributed by atoms with Gasteiger partial charge in [0.05, 0.1) is 11.1 Å². The maximum atomic E-state index is 13.5. The van der Waals surface area contributed by atoms with Crippen molar-refractivity contribution < 1.29 is 18.7 Å². The first-order valence-electron chi connectivity index (χ1n) is 9.98. The summed E-state index contributed by atoms with van der Waals surface area (Å²) >= 11 is 7.25. The molecule has 1 heterocycles. The van der Waals surface area contributed by atoms with Crippen LogP contribution in [0.25, 0.3) is 0 Å². The summed E-state index contributed by atoms with van der Waals surface area (Å²) in [5, 5.41) is 6.67. The van der Waals surface area contributed by atoms with Gasteiger partial charge in [-0.15, -0.1) is 0 Å². The van der Waals surface area contributed by atoms with Gasteiger partial charge in [0.1, 0.15) is 11.6 Å². The van der Waals surface area contributed by atoms with E-state index in [1.165, 1.54) is 12.1 Å². The van der Waals surface area contributed by atoms with Gasteiger partial charge in [0.25, 0.3) is 5.91 Å². The van der Waals surface area contributed by atoms with Gasteiger partial charge in [0.2, 0.25) is 5.91 Å². The van der Waals surface area contributed by atoms with E-state index in [4.69, 9.17) is 16.3 Å². The Morgan fingerprint density at radius 3 is 2.59 bits per heavy atom. The van der Waals surface area contributed by atoms with Crippen LogP contribution in [0.2, 0.25) is 5.02 Å². The fourth-order valence-corrected chi connectivity index (χ4v) is 5.42. The third-order valence-electron chi connectivity index (χ3n) is 6.09. The van der Waals surface area contributed by atoms with Crippen LogP contribution >= 0.6 is 23.5 Å². The number of hydrogen-bond acceptors (Lipinski definition) is 5. The Morgan fingerprint density at radius 1 is 1.21 bits per heavy atom. The number of rotatable bonds is 6. The van der Waals surface area contributed by atoms with Crippen molar-refractivity contribution in [1.29, 1.82) is 0 Å². The van der Waals surface area contributed by atoms with Crippen LogP contribution in [0.5, 0.6) is 5.75 Å². The lowest BCUT2D eigenvalue weighted by molar-refractivity contribution is -0.127. The highest BCUT2D eigenvalue weighted by Crippen LogP contribution is 2.45. The third kappa shape index (κ3) is 4.81. The molecule has 0 spiro atoms. The average Bonchev–Trinajstić information content (AvgIpc) is 3.08. The van der Waals surface area contributed by atoms with Crippen LogP contribution in [0.1, 0.15) is 32.6 Å².